The summed E-state index contributed by atoms with van der Waals surface area (Å²) in [6.45, 7) is 4.92. The first-order chi connectivity index (χ1) is 10.2. The van der Waals surface area contributed by atoms with Gasteiger partial charge in [0.05, 0.1) is 10.6 Å². The Morgan fingerprint density at radius 2 is 2.14 bits per heavy atom. The Kier molecular flexibility index (Phi) is 5.85. The summed E-state index contributed by atoms with van der Waals surface area (Å²) >= 11 is 6.15. The molecule has 1 amide bonds. The van der Waals surface area contributed by atoms with Crippen LogP contribution < -0.4 is 10.6 Å². The summed E-state index contributed by atoms with van der Waals surface area (Å²) in [4.78, 5) is 16.6. The van der Waals surface area contributed by atoms with Gasteiger partial charge in [-0.25, -0.2) is 4.98 Å². The molecule has 0 radical (unpaired) electrons. The lowest BCUT2D eigenvalue weighted by Gasteiger charge is -2.31. The molecule has 116 valence electrons. The van der Waals surface area contributed by atoms with Crippen molar-refractivity contribution in [3.8, 4) is 0 Å². The maximum absolute atomic E-state index is 12.4. The Morgan fingerprint density at radius 1 is 1.38 bits per heavy atom. The van der Waals surface area contributed by atoms with Gasteiger partial charge in [-0.05, 0) is 31.7 Å². The van der Waals surface area contributed by atoms with Crippen LogP contribution in [-0.2, 0) is 0 Å². The third kappa shape index (κ3) is 4.10. The van der Waals surface area contributed by atoms with E-state index in [1.165, 1.54) is 19.3 Å². The van der Waals surface area contributed by atoms with E-state index in [9.17, 15) is 4.79 Å². The van der Waals surface area contributed by atoms with Crippen LogP contribution in [0.3, 0.4) is 0 Å². The van der Waals surface area contributed by atoms with Gasteiger partial charge in [0.15, 0.2) is 0 Å². The van der Waals surface area contributed by atoms with Gasteiger partial charge < -0.3 is 10.6 Å². The molecule has 4 nitrogen and oxygen atoms in total. The highest BCUT2D eigenvalue weighted by Gasteiger charge is 2.25. The summed E-state index contributed by atoms with van der Waals surface area (Å²) in [6.07, 6.45) is 7.45. The predicted molar refractivity (Wildman–Crippen MR) is 86.9 cm³/mol. The Labute approximate surface area is 131 Å². The molecule has 5 heteroatoms. The Balaban J connectivity index is 2.04. The third-order valence-electron chi connectivity index (χ3n) is 4.20. The zero-order valence-corrected chi connectivity index (χ0v) is 13.5. The van der Waals surface area contributed by atoms with Gasteiger partial charge in [0.2, 0.25) is 0 Å². The number of halogens is 1. The van der Waals surface area contributed by atoms with E-state index >= 15 is 0 Å². The molecule has 0 aliphatic heterocycles. The number of carbonyl (C=O) groups is 1. The van der Waals surface area contributed by atoms with E-state index in [1.807, 2.05) is 6.92 Å². The molecule has 1 saturated carbocycles. The molecule has 21 heavy (non-hydrogen) atoms. The number of nitrogens with one attached hydrogen (secondary N) is 2. The van der Waals surface area contributed by atoms with Crippen LogP contribution in [0.1, 0.15) is 56.3 Å². The van der Waals surface area contributed by atoms with Crippen molar-refractivity contribution in [2.75, 3.05) is 11.9 Å². The quantitative estimate of drug-likeness (QED) is 0.868. The third-order valence-corrected chi connectivity index (χ3v) is 4.49. The second kappa shape index (κ2) is 7.64. The molecule has 1 aromatic rings. The molecule has 0 aromatic carbocycles. The summed E-state index contributed by atoms with van der Waals surface area (Å²) in [5.41, 5.74) is 0.530. The number of hydrogen-bond acceptors (Lipinski definition) is 3. The highest BCUT2D eigenvalue weighted by atomic mass is 35.5. The lowest BCUT2D eigenvalue weighted by atomic mass is 9.83. The van der Waals surface area contributed by atoms with Crippen LogP contribution in [0.25, 0.3) is 0 Å². The predicted octanol–water partition coefficient (Wildman–Crippen LogP) is 3.87. The molecular weight excluding hydrogens is 286 g/mol. The number of carbonyl (C=O) groups excluding carboxylic acids is 1. The first kappa shape index (κ1) is 16.1. The highest BCUT2D eigenvalue weighted by Crippen LogP contribution is 2.27. The Hall–Kier alpha value is -1.29. The summed E-state index contributed by atoms with van der Waals surface area (Å²) in [7, 11) is 0. The number of amides is 1. The highest BCUT2D eigenvalue weighted by molar-refractivity contribution is 6.33. The summed E-state index contributed by atoms with van der Waals surface area (Å²) in [6, 6.07) is 1.97. The molecule has 1 heterocycles. The number of rotatable bonds is 5. The van der Waals surface area contributed by atoms with Crippen LogP contribution in [0.4, 0.5) is 5.82 Å². The van der Waals surface area contributed by atoms with E-state index in [0.29, 0.717) is 22.3 Å². The van der Waals surface area contributed by atoms with Crippen molar-refractivity contribution in [2.24, 2.45) is 5.92 Å². The number of hydrogen-bond donors (Lipinski definition) is 2. The Morgan fingerprint density at radius 3 is 2.81 bits per heavy atom. The zero-order valence-electron chi connectivity index (χ0n) is 12.8. The van der Waals surface area contributed by atoms with Gasteiger partial charge in [-0.1, -0.05) is 37.8 Å². The minimum atomic E-state index is -0.0715. The maximum atomic E-state index is 12.4. The molecule has 0 saturated heterocycles. The minimum absolute atomic E-state index is 0.0715. The van der Waals surface area contributed by atoms with E-state index in [0.717, 1.165) is 19.4 Å². The first-order valence-corrected chi connectivity index (χ1v) is 8.23. The van der Waals surface area contributed by atoms with Gasteiger partial charge in [0.1, 0.15) is 5.82 Å². The standard InChI is InChI=1S/C16H24ClN3O/c1-3-11-7-5-6-8-14(11)20-16(21)12-9-13(17)15(18-4-2)19-10-12/h9-11,14H,3-8H2,1-2H3,(H,18,19)(H,20,21). The van der Waals surface area contributed by atoms with Crippen LogP contribution in [-0.4, -0.2) is 23.5 Å². The molecule has 1 aromatic heterocycles. The van der Waals surface area contributed by atoms with Crippen molar-refractivity contribution in [1.29, 1.82) is 0 Å². The fraction of sp³-hybridized carbons (Fsp3) is 0.625. The van der Waals surface area contributed by atoms with E-state index < -0.39 is 0 Å². The second-order valence-electron chi connectivity index (χ2n) is 5.62. The molecular formula is C16H24ClN3O. The van der Waals surface area contributed by atoms with Crippen LogP contribution in [0, 0.1) is 5.92 Å². The minimum Gasteiger partial charge on any atom is -0.369 e. The number of pyridine rings is 1. The van der Waals surface area contributed by atoms with Gasteiger partial charge in [-0.3, -0.25) is 4.79 Å². The van der Waals surface area contributed by atoms with E-state index in [2.05, 4.69) is 22.5 Å². The van der Waals surface area contributed by atoms with Crippen molar-refractivity contribution < 1.29 is 4.79 Å². The second-order valence-corrected chi connectivity index (χ2v) is 6.02. The normalized spacial score (nSPS) is 21.9. The largest absolute Gasteiger partial charge is 0.369 e. The average molecular weight is 310 g/mol. The SMILES string of the molecule is CCNc1ncc(C(=O)NC2CCCCC2CC)cc1Cl. The lowest BCUT2D eigenvalue weighted by molar-refractivity contribution is 0.0904. The van der Waals surface area contributed by atoms with Crippen LogP contribution in [0.5, 0.6) is 0 Å². The van der Waals surface area contributed by atoms with Crippen molar-refractivity contribution in [3.05, 3.63) is 22.8 Å². The molecule has 2 N–H and O–H groups in total. The maximum Gasteiger partial charge on any atom is 0.253 e. The molecule has 1 aliphatic rings. The molecule has 1 fully saturated rings. The lowest BCUT2D eigenvalue weighted by Crippen LogP contribution is -2.41. The van der Waals surface area contributed by atoms with Gasteiger partial charge in [-0.2, -0.15) is 0 Å². The van der Waals surface area contributed by atoms with Crippen molar-refractivity contribution >= 4 is 23.3 Å². The van der Waals surface area contributed by atoms with Crippen LogP contribution in [0.2, 0.25) is 5.02 Å². The average Bonchev–Trinajstić information content (AvgIpc) is 2.50. The van der Waals surface area contributed by atoms with Crippen LogP contribution in [0.15, 0.2) is 12.3 Å². The van der Waals surface area contributed by atoms with Gasteiger partial charge in [-0.15, -0.1) is 0 Å². The summed E-state index contributed by atoms with van der Waals surface area (Å²) in [5.74, 6) is 1.14. The Bertz CT molecular complexity index is 492. The fourth-order valence-corrected chi connectivity index (χ4v) is 3.23. The number of aromatic nitrogens is 1. The summed E-state index contributed by atoms with van der Waals surface area (Å²) < 4.78 is 0. The molecule has 2 rings (SSSR count). The number of nitrogens with zero attached hydrogens (tertiary/aromatic N) is 1. The molecule has 0 spiro atoms. The molecule has 2 atom stereocenters. The van der Waals surface area contributed by atoms with Crippen molar-refractivity contribution in [2.45, 2.75) is 52.0 Å². The van der Waals surface area contributed by atoms with Gasteiger partial charge in [0.25, 0.3) is 5.91 Å². The van der Waals surface area contributed by atoms with Gasteiger partial charge >= 0.3 is 0 Å². The topological polar surface area (TPSA) is 54.0 Å². The summed E-state index contributed by atoms with van der Waals surface area (Å²) in [5, 5.41) is 6.71. The first-order valence-electron chi connectivity index (χ1n) is 7.86. The van der Waals surface area contributed by atoms with Crippen LogP contribution >= 0.6 is 11.6 Å². The van der Waals surface area contributed by atoms with E-state index in [1.54, 1.807) is 12.3 Å². The van der Waals surface area contributed by atoms with Gasteiger partial charge in [0, 0.05) is 18.8 Å². The molecule has 2 unspecified atom stereocenters. The number of anilines is 1. The fourth-order valence-electron chi connectivity index (χ4n) is 3.00. The smallest absolute Gasteiger partial charge is 0.253 e. The monoisotopic (exact) mass is 309 g/mol. The molecule has 1 aliphatic carbocycles. The van der Waals surface area contributed by atoms with Crippen molar-refractivity contribution in [3.63, 3.8) is 0 Å². The van der Waals surface area contributed by atoms with E-state index in [4.69, 9.17) is 11.6 Å². The zero-order chi connectivity index (χ0) is 15.2. The van der Waals surface area contributed by atoms with E-state index in [-0.39, 0.29) is 11.9 Å². The van der Waals surface area contributed by atoms with Crippen molar-refractivity contribution in [1.82, 2.24) is 10.3 Å². The molecule has 0 bridgehead atoms.